The summed E-state index contributed by atoms with van der Waals surface area (Å²) in [4.78, 5) is 16.2. The van der Waals surface area contributed by atoms with Crippen LogP contribution in [0.4, 0.5) is 0 Å². The van der Waals surface area contributed by atoms with Crippen molar-refractivity contribution in [2.24, 2.45) is 0 Å². The van der Waals surface area contributed by atoms with E-state index in [1.165, 1.54) is 10.2 Å². The summed E-state index contributed by atoms with van der Waals surface area (Å²) in [6, 6.07) is 30.6. The van der Waals surface area contributed by atoms with E-state index in [1.807, 2.05) is 75.4 Å². The summed E-state index contributed by atoms with van der Waals surface area (Å²) in [7, 11) is -3.74. The molecule has 232 valence electrons. The van der Waals surface area contributed by atoms with Gasteiger partial charge in [-0.2, -0.15) is 5.10 Å². The molecule has 8 nitrogen and oxygen atoms in total. The highest BCUT2D eigenvalue weighted by molar-refractivity contribution is 7.89. The summed E-state index contributed by atoms with van der Waals surface area (Å²) in [5.74, 6) is 0. The summed E-state index contributed by atoms with van der Waals surface area (Å²) in [6.45, 7) is 9.99. The Balaban J connectivity index is 1.29. The first-order chi connectivity index (χ1) is 21.6. The minimum Gasteiger partial charge on any atom is -0.379 e. The van der Waals surface area contributed by atoms with Crippen LogP contribution in [0.3, 0.4) is 0 Å². The van der Waals surface area contributed by atoms with Crippen molar-refractivity contribution in [3.63, 3.8) is 0 Å². The van der Waals surface area contributed by atoms with Gasteiger partial charge in [0.25, 0.3) is 5.56 Å². The molecule has 1 saturated heterocycles. The third-order valence-corrected chi connectivity index (χ3v) is 9.64. The Morgan fingerprint density at radius 2 is 1.33 bits per heavy atom. The van der Waals surface area contributed by atoms with Crippen LogP contribution in [0.5, 0.6) is 0 Å². The maximum absolute atomic E-state index is 13.6. The molecule has 0 unspecified atom stereocenters. The monoisotopic (exact) mass is 622 g/mol. The van der Waals surface area contributed by atoms with E-state index < -0.39 is 15.6 Å². The standard InChI is InChI=1S/C36H38N4O4S/c1-36(2,3)38-45(42,43)33-11-7-6-8-30(33)28-16-12-27(13-17-28)25-40-35(41)32-10-5-4-9-31(32)34(37-40)29-18-14-26(15-19-29)24-39-20-22-44-23-21-39/h4-19,38H,20-25H2,1-3H3. The molecule has 1 N–H and O–H groups in total. The van der Waals surface area contributed by atoms with Crippen molar-refractivity contribution in [2.75, 3.05) is 26.3 Å². The zero-order chi connectivity index (χ0) is 31.6. The van der Waals surface area contributed by atoms with Crippen molar-refractivity contribution in [1.82, 2.24) is 19.4 Å². The van der Waals surface area contributed by atoms with E-state index in [-0.39, 0.29) is 17.0 Å². The van der Waals surface area contributed by atoms with E-state index in [1.54, 1.807) is 18.2 Å². The SMILES string of the molecule is CC(C)(C)NS(=O)(=O)c1ccccc1-c1ccc(Cn2nc(-c3ccc(CN4CCOCC4)cc3)c3ccccc3c2=O)cc1. The van der Waals surface area contributed by atoms with E-state index in [0.717, 1.165) is 60.6 Å². The molecule has 6 rings (SSSR count). The number of aromatic nitrogens is 2. The molecule has 0 bridgehead atoms. The summed E-state index contributed by atoms with van der Waals surface area (Å²) in [5.41, 5.74) is 4.41. The van der Waals surface area contributed by atoms with Crippen LogP contribution < -0.4 is 10.3 Å². The predicted molar refractivity (Wildman–Crippen MR) is 179 cm³/mol. The van der Waals surface area contributed by atoms with Crippen LogP contribution in [0, 0.1) is 0 Å². The number of sulfonamides is 1. The number of morpholine rings is 1. The molecular weight excluding hydrogens is 584 g/mol. The Labute approximate surface area is 264 Å². The molecule has 0 radical (unpaired) electrons. The number of hydrogen-bond donors (Lipinski definition) is 1. The third kappa shape index (κ3) is 7.07. The number of ether oxygens (including phenoxy) is 1. The van der Waals surface area contributed by atoms with Gasteiger partial charge < -0.3 is 4.74 Å². The molecule has 0 saturated carbocycles. The van der Waals surface area contributed by atoms with Gasteiger partial charge in [0.05, 0.1) is 35.7 Å². The number of hydrogen-bond acceptors (Lipinski definition) is 6. The highest BCUT2D eigenvalue weighted by Gasteiger charge is 2.25. The minimum atomic E-state index is -3.74. The second-order valence-electron chi connectivity index (χ2n) is 12.5. The second-order valence-corrected chi connectivity index (χ2v) is 14.1. The van der Waals surface area contributed by atoms with Gasteiger partial charge in [-0.3, -0.25) is 9.69 Å². The maximum Gasteiger partial charge on any atom is 0.274 e. The molecular formula is C36H38N4O4S. The van der Waals surface area contributed by atoms with E-state index in [0.29, 0.717) is 10.9 Å². The van der Waals surface area contributed by atoms with Gasteiger partial charge in [-0.25, -0.2) is 17.8 Å². The number of nitrogens with zero attached hydrogens (tertiary/aromatic N) is 3. The molecule has 1 aromatic heterocycles. The molecule has 0 amide bonds. The number of rotatable bonds is 8. The van der Waals surface area contributed by atoms with Gasteiger partial charge in [0.2, 0.25) is 10.0 Å². The van der Waals surface area contributed by atoms with Crippen molar-refractivity contribution < 1.29 is 13.2 Å². The fourth-order valence-electron chi connectivity index (χ4n) is 5.70. The molecule has 1 aliphatic rings. The van der Waals surface area contributed by atoms with Crippen molar-refractivity contribution in [1.29, 1.82) is 0 Å². The fraction of sp³-hybridized carbons (Fsp3) is 0.278. The highest BCUT2D eigenvalue weighted by atomic mass is 32.2. The first-order valence-electron chi connectivity index (χ1n) is 15.2. The Hall–Kier alpha value is -4.15. The van der Waals surface area contributed by atoms with Crippen molar-refractivity contribution >= 4 is 20.8 Å². The molecule has 1 aliphatic heterocycles. The van der Waals surface area contributed by atoms with E-state index in [9.17, 15) is 13.2 Å². The molecule has 2 heterocycles. The second kappa shape index (κ2) is 12.7. The summed E-state index contributed by atoms with van der Waals surface area (Å²) in [6.07, 6.45) is 0. The molecule has 45 heavy (non-hydrogen) atoms. The van der Waals surface area contributed by atoms with Crippen LogP contribution in [-0.4, -0.2) is 54.9 Å². The van der Waals surface area contributed by atoms with Crippen molar-refractivity contribution in [2.45, 2.75) is 44.3 Å². The average Bonchev–Trinajstić information content (AvgIpc) is 3.03. The van der Waals surface area contributed by atoms with Crippen molar-refractivity contribution in [3.8, 4) is 22.4 Å². The zero-order valence-corrected chi connectivity index (χ0v) is 26.7. The molecule has 0 aliphatic carbocycles. The Bertz CT molecular complexity index is 1970. The van der Waals surface area contributed by atoms with Crippen LogP contribution in [0.25, 0.3) is 33.2 Å². The lowest BCUT2D eigenvalue weighted by atomic mass is 10.0. The number of nitrogens with one attached hydrogen (secondary N) is 1. The van der Waals surface area contributed by atoms with Crippen molar-refractivity contribution in [3.05, 3.63) is 119 Å². The van der Waals surface area contributed by atoms with Gasteiger partial charge in [-0.15, -0.1) is 0 Å². The molecule has 5 aromatic rings. The Morgan fingerprint density at radius 1 is 0.756 bits per heavy atom. The van der Waals surface area contributed by atoms with E-state index in [4.69, 9.17) is 9.84 Å². The molecule has 9 heteroatoms. The average molecular weight is 623 g/mol. The third-order valence-electron chi connectivity index (χ3n) is 7.82. The predicted octanol–water partition coefficient (Wildman–Crippen LogP) is 5.69. The maximum atomic E-state index is 13.6. The quantitative estimate of drug-likeness (QED) is 0.239. The lowest BCUT2D eigenvalue weighted by molar-refractivity contribution is 0.0342. The molecule has 0 spiro atoms. The molecule has 0 atom stereocenters. The first kappa shape index (κ1) is 30.9. The molecule has 1 fully saturated rings. The minimum absolute atomic E-state index is 0.160. The number of benzene rings is 4. The smallest absolute Gasteiger partial charge is 0.274 e. The van der Waals surface area contributed by atoms with Gasteiger partial charge in [0, 0.05) is 41.7 Å². The fourth-order valence-corrected chi connectivity index (χ4v) is 7.35. The van der Waals surface area contributed by atoms with E-state index in [2.05, 4.69) is 33.9 Å². The van der Waals surface area contributed by atoms with Gasteiger partial charge in [0.15, 0.2) is 0 Å². The zero-order valence-electron chi connectivity index (χ0n) is 25.9. The van der Waals surface area contributed by atoms with E-state index >= 15 is 0 Å². The summed E-state index contributed by atoms with van der Waals surface area (Å²) in [5, 5.41) is 6.29. The largest absolute Gasteiger partial charge is 0.379 e. The lowest BCUT2D eigenvalue weighted by Gasteiger charge is -2.26. The Kier molecular flexibility index (Phi) is 8.70. The van der Waals surface area contributed by atoms with Gasteiger partial charge in [0.1, 0.15) is 0 Å². The van der Waals surface area contributed by atoms with Crippen LogP contribution >= 0.6 is 0 Å². The van der Waals surface area contributed by atoms with Crippen LogP contribution in [0.2, 0.25) is 0 Å². The van der Waals surface area contributed by atoms with Gasteiger partial charge in [-0.05, 0) is 49.6 Å². The Morgan fingerprint density at radius 3 is 2.00 bits per heavy atom. The summed E-state index contributed by atoms with van der Waals surface area (Å²) < 4.78 is 36.1. The van der Waals surface area contributed by atoms with Gasteiger partial charge >= 0.3 is 0 Å². The first-order valence-corrected chi connectivity index (χ1v) is 16.7. The van der Waals surface area contributed by atoms with Crippen LogP contribution in [-0.2, 0) is 27.8 Å². The van der Waals surface area contributed by atoms with Gasteiger partial charge in [-0.1, -0.05) is 84.9 Å². The van der Waals surface area contributed by atoms with Crippen LogP contribution in [0.1, 0.15) is 31.9 Å². The molecule has 4 aromatic carbocycles. The normalized spacial score (nSPS) is 14.6. The number of fused-ring (bicyclic) bond motifs is 1. The lowest BCUT2D eigenvalue weighted by Crippen LogP contribution is -2.40. The highest BCUT2D eigenvalue weighted by Crippen LogP contribution is 2.29. The topological polar surface area (TPSA) is 93.5 Å². The van der Waals surface area contributed by atoms with Crippen LogP contribution in [0.15, 0.2) is 107 Å². The summed E-state index contributed by atoms with van der Waals surface area (Å²) >= 11 is 0.